The zero-order valence-corrected chi connectivity index (χ0v) is 16.1. The van der Waals surface area contributed by atoms with Gasteiger partial charge in [-0.3, -0.25) is 14.6 Å². The van der Waals surface area contributed by atoms with Gasteiger partial charge in [0.25, 0.3) is 5.91 Å². The smallest absolute Gasteiger partial charge is 0.257 e. The van der Waals surface area contributed by atoms with Crippen molar-refractivity contribution < 1.29 is 18.7 Å². The van der Waals surface area contributed by atoms with Crippen LogP contribution in [-0.4, -0.2) is 35.4 Å². The number of amides is 2. The van der Waals surface area contributed by atoms with Gasteiger partial charge in [-0.25, -0.2) is 9.37 Å². The van der Waals surface area contributed by atoms with Crippen molar-refractivity contribution in [3.8, 4) is 5.75 Å². The lowest BCUT2D eigenvalue weighted by Crippen LogP contribution is -2.40. The molecule has 3 heterocycles. The summed E-state index contributed by atoms with van der Waals surface area (Å²) in [7, 11) is 1.34. The van der Waals surface area contributed by atoms with Crippen molar-refractivity contribution in [2.24, 2.45) is 0 Å². The molecule has 0 radical (unpaired) electrons. The second-order valence-electron chi connectivity index (χ2n) is 6.55. The Balaban J connectivity index is 1.60. The molecule has 0 unspecified atom stereocenters. The quantitative estimate of drug-likeness (QED) is 0.675. The van der Waals surface area contributed by atoms with E-state index >= 15 is 0 Å². The van der Waals surface area contributed by atoms with Crippen molar-refractivity contribution in [1.82, 2.24) is 9.97 Å². The predicted molar refractivity (Wildman–Crippen MR) is 109 cm³/mol. The molecule has 30 heavy (non-hydrogen) atoms. The van der Waals surface area contributed by atoms with Crippen LogP contribution in [0.15, 0.2) is 54.9 Å². The van der Waals surface area contributed by atoms with Crippen LogP contribution in [0.25, 0.3) is 0 Å². The minimum atomic E-state index is -0.527. The van der Waals surface area contributed by atoms with E-state index in [2.05, 4.69) is 20.6 Å². The van der Waals surface area contributed by atoms with Crippen LogP contribution >= 0.6 is 0 Å². The average molecular weight is 407 g/mol. The molecular formula is C21H18FN5O3. The van der Waals surface area contributed by atoms with Gasteiger partial charge < -0.3 is 20.3 Å². The molecule has 0 saturated heterocycles. The van der Waals surface area contributed by atoms with Crippen LogP contribution in [0.2, 0.25) is 0 Å². The fourth-order valence-corrected chi connectivity index (χ4v) is 3.08. The van der Waals surface area contributed by atoms with Crippen LogP contribution in [-0.2, 0) is 11.3 Å². The van der Waals surface area contributed by atoms with E-state index in [1.807, 2.05) is 12.1 Å². The number of hydrogen-bond acceptors (Lipinski definition) is 6. The number of ether oxygens (including phenoxy) is 1. The van der Waals surface area contributed by atoms with E-state index in [0.717, 1.165) is 0 Å². The Morgan fingerprint density at radius 2 is 2.13 bits per heavy atom. The fourth-order valence-electron chi connectivity index (χ4n) is 3.08. The summed E-state index contributed by atoms with van der Waals surface area (Å²) in [5.74, 6) is -0.607. The van der Waals surface area contributed by atoms with E-state index in [1.54, 1.807) is 23.2 Å². The van der Waals surface area contributed by atoms with E-state index < -0.39 is 11.7 Å². The summed E-state index contributed by atoms with van der Waals surface area (Å²) in [6.07, 6.45) is 3.07. The van der Waals surface area contributed by atoms with Crippen LogP contribution in [0.4, 0.5) is 21.6 Å². The maximum Gasteiger partial charge on any atom is 0.257 e. The zero-order valence-electron chi connectivity index (χ0n) is 16.1. The Bertz CT molecular complexity index is 1110. The molecule has 4 rings (SSSR count). The number of carbonyl (C=O) groups is 2. The number of anilines is 3. The van der Waals surface area contributed by atoms with Gasteiger partial charge in [-0.05, 0) is 30.3 Å². The van der Waals surface area contributed by atoms with Gasteiger partial charge in [0.05, 0.1) is 37.1 Å². The van der Waals surface area contributed by atoms with Gasteiger partial charge in [-0.15, -0.1) is 0 Å². The average Bonchev–Trinajstić information content (AvgIpc) is 2.77. The van der Waals surface area contributed by atoms with Crippen LogP contribution in [0.1, 0.15) is 16.1 Å². The summed E-state index contributed by atoms with van der Waals surface area (Å²) in [6.45, 7) is 0.365. The number of carbonyl (C=O) groups excluding carboxylic acids is 2. The Labute approximate surface area is 171 Å². The molecule has 8 nitrogen and oxygen atoms in total. The maximum atomic E-state index is 13.6. The van der Waals surface area contributed by atoms with Crippen LogP contribution in [0.5, 0.6) is 5.75 Å². The molecule has 152 valence electrons. The molecule has 2 N–H and O–H groups in total. The second-order valence-corrected chi connectivity index (χ2v) is 6.55. The van der Waals surface area contributed by atoms with Crippen LogP contribution < -0.4 is 20.3 Å². The number of fused-ring (bicyclic) bond motifs is 1. The molecular weight excluding hydrogens is 389 g/mol. The fraction of sp³-hybridized carbons (Fsp3) is 0.143. The van der Waals surface area contributed by atoms with Gasteiger partial charge in [-0.1, -0.05) is 6.07 Å². The predicted octanol–water partition coefficient (Wildman–Crippen LogP) is 2.84. The number of aromatic nitrogens is 2. The Kier molecular flexibility index (Phi) is 5.25. The number of benzene rings is 1. The first-order valence-electron chi connectivity index (χ1n) is 9.14. The molecule has 0 fully saturated rings. The highest BCUT2D eigenvalue weighted by Gasteiger charge is 2.26. The SMILES string of the molecule is COc1cc(NC(=O)c2cnc3c(c2)N(Cc2ccccn2)C(=O)CN3)ccc1F. The van der Waals surface area contributed by atoms with Crippen molar-refractivity contribution in [2.45, 2.75) is 6.54 Å². The summed E-state index contributed by atoms with van der Waals surface area (Å²) in [6, 6.07) is 11.1. The molecule has 1 aliphatic rings. The maximum absolute atomic E-state index is 13.6. The second kappa shape index (κ2) is 8.16. The molecule has 0 saturated carbocycles. The summed E-state index contributed by atoms with van der Waals surface area (Å²) >= 11 is 0. The number of hydrogen-bond donors (Lipinski definition) is 2. The van der Waals surface area contributed by atoms with E-state index in [4.69, 9.17) is 4.74 Å². The normalized spacial score (nSPS) is 12.7. The molecule has 2 aromatic heterocycles. The zero-order chi connectivity index (χ0) is 21.1. The van der Waals surface area contributed by atoms with Gasteiger partial charge in [-0.2, -0.15) is 0 Å². The lowest BCUT2D eigenvalue weighted by Gasteiger charge is -2.29. The first-order chi connectivity index (χ1) is 14.5. The molecule has 0 aliphatic carbocycles. The highest BCUT2D eigenvalue weighted by molar-refractivity contribution is 6.07. The summed E-state index contributed by atoms with van der Waals surface area (Å²) < 4.78 is 18.5. The Morgan fingerprint density at radius 3 is 2.90 bits per heavy atom. The van der Waals surface area contributed by atoms with Crippen LogP contribution in [0.3, 0.4) is 0 Å². The topological polar surface area (TPSA) is 96.4 Å². The highest BCUT2D eigenvalue weighted by atomic mass is 19.1. The van der Waals surface area contributed by atoms with Crippen molar-refractivity contribution in [3.63, 3.8) is 0 Å². The minimum Gasteiger partial charge on any atom is -0.494 e. The van der Waals surface area contributed by atoms with Crippen LogP contribution in [0, 0.1) is 5.82 Å². The molecule has 0 spiro atoms. The number of halogens is 1. The standard InChI is InChI=1S/C21H18FN5O3/c1-30-18-9-14(5-6-16(18)22)26-21(29)13-8-17-20(24-10-13)25-11-19(28)27(17)12-15-4-2-3-7-23-15/h2-10H,11-12H2,1H3,(H,24,25)(H,26,29). The third-order valence-corrected chi connectivity index (χ3v) is 4.58. The Hall–Kier alpha value is -4.01. The lowest BCUT2D eigenvalue weighted by molar-refractivity contribution is -0.117. The van der Waals surface area contributed by atoms with Gasteiger partial charge in [0.2, 0.25) is 5.91 Å². The summed E-state index contributed by atoms with van der Waals surface area (Å²) in [5, 5.41) is 5.63. The van der Waals surface area contributed by atoms with Gasteiger partial charge in [0.15, 0.2) is 17.4 Å². The minimum absolute atomic E-state index is 0.0210. The molecule has 1 aromatic carbocycles. The number of nitrogens with zero attached hydrogens (tertiary/aromatic N) is 3. The monoisotopic (exact) mass is 407 g/mol. The third kappa shape index (κ3) is 3.90. The first kappa shape index (κ1) is 19.3. The molecule has 2 amide bonds. The van der Waals surface area contributed by atoms with E-state index in [1.165, 1.54) is 31.5 Å². The lowest BCUT2D eigenvalue weighted by atomic mass is 10.1. The van der Waals surface area contributed by atoms with E-state index in [0.29, 0.717) is 22.9 Å². The largest absolute Gasteiger partial charge is 0.494 e. The number of pyridine rings is 2. The van der Waals surface area contributed by atoms with Gasteiger partial charge >= 0.3 is 0 Å². The summed E-state index contributed by atoms with van der Waals surface area (Å²) in [5.41, 5.74) is 1.82. The van der Waals surface area contributed by atoms with Crippen molar-refractivity contribution in [1.29, 1.82) is 0 Å². The van der Waals surface area contributed by atoms with Gasteiger partial charge in [0.1, 0.15) is 0 Å². The molecule has 3 aromatic rings. The van der Waals surface area contributed by atoms with E-state index in [9.17, 15) is 14.0 Å². The van der Waals surface area contributed by atoms with Gasteiger partial charge in [0, 0.05) is 24.1 Å². The number of nitrogens with one attached hydrogen (secondary N) is 2. The van der Waals surface area contributed by atoms with Crippen molar-refractivity contribution in [3.05, 3.63) is 71.9 Å². The van der Waals surface area contributed by atoms with Crippen molar-refractivity contribution >= 4 is 29.0 Å². The molecule has 1 aliphatic heterocycles. The Morgan fingerprint density at radius 1 is 1.27 bits per heavy atom. The van der Waals surface area contributed by atoms with Crippen molar-refractivity contribution in [2.75, 3.05) is 29.2 Å². The highest BCUT2D eigenvalue weighted by Crippen LogP contribution is 2.30. The molecule has 9 heteroatoms. The molecule has 0 atom stereocenters. The summed E-state index contributed by atoms with van der Waals surface area (Å²) in [4.78, 5) is 35.3. The molecule has 0 bridgehead atoms. The third-order valence-electron chi connectivity index (χ3n) is 4.58. The number of methoxy groups -OCH3 is 1. The van der Waals surface area contributed by atoms with E-state index in [-0.39, 0.29) is 30.3 Å². The number of rotatable bonds is 5. The first-order valence-corrected chi connectivity index (χ1v) is 9.14.